The molecule has 1 unspecified atom stereocenters. The first-order valence-corrected chi connectivity index (χ1v) is 5.34. The molecule has 1 saturated carbocycles. The smallest absolute Gasteiger partial charge is 0.275 e. The van der Waals surface area contributed by atoms with E-state index >= 15 is 0 Å². The van der Waals surface area contributed by atoms with Gasteiger partial charge in [0.15, 0.2) is 0 Å². The first-order valence-electron chi connectivity index (χ1n) is 5.00. The van der Waals surface area contributed by atoms with Gasteiger partial charge in [0.1, 0.15) is 6.04 Å². The summed E-state index contributed by atoms with van der Waals surface area (Å²) in [5.41, 5.74) is 0. The number of hydrogen-bond donors (Lipinski definition) is 1. The van der Waals surface area contributed by atoms with Crippen LogP contribution in [-0.4, -0.2) is 22.4 Å². The molecule has 1 aliphatic heterocycles. The van der Waals surface area contributed by atoms with Crippen molar-refractivity contribution in [2.24, 2.45) is 5.92 Å². The van der Waals surface area contributed by atoms with E-state index in [4.69, 9.17) is 11.8 Å². The summed E-state index contributed by atoms with van der Waals surface area (Å²) in [6.45, 7) is 0. The molecule has 2 fully saturated rings. The number of imide groups is 1. The molecule has 5 heteroatoms. The molecule has 0 bridgehead atoms. The molecule has 1 N–H and O–H groups in total. The Morgan fingerprint density at radius 3 is 2.36 bits per heavy atom. The average Bonchev–Trinajstić information content (AvgIpc) is 2.43. The molecule has 0 spiro atoms. The topological polar surface area (TPSA) is 49.4 Å². The molecule has 0 aromatic heterocycles. The molecule has 2 aliphatic rings. The van der Waals surface area contributed by atoms with E-state index in [1.165, 1.54) is 6.42 Å². The van der Waals surface area contributed by atoms with Crippen LogP contribution < -0.4 is 5.32 Å². The van der Waals surface area contributed by atoms with Gasteiger partial charge in [-0.1, -0.05) is 19.3 Å². The molecule has 14 heavy (non-hydrogen) atoms. The van der Waals surface area contributed by atoms with Crippen LogP contribution >= 0.6 is 11.8 Å². The summed E-state index contributed by atoms with van der Waals surface area (Å²) in [5, 5.41) is 2.23. The Bertz CT molecular complexity index is 264. The number of amides is 3. The first-order chi connectivity index (χ1) is 6.70. The Kier molecular flexibility index (Phi) is 2.63. The monoisotopic (exact) mass is 216 g/mol. The molecule has 1 saturated heterocycles. The summed E-state index contributed by atoms with van der Waals surface area (Å²) >= 11 is 5.76. The van der Waals surface area contributed by atoms with Crippen LogP contribution in [0, 0.1) is 5.92 Å². The van der Waals surface area contributed by atoms with Gasteiger partial charge in [0, 0.05) is 11.8 Å². The van der Waals surface area contributed by atoms with Crippen LogP contribution in [0.5, 0.6) is 0 Å². The lowest BCUT2D eigenvalue weighted by Crippen LogP contribution is -2.36. The highest BCUT2D eigenvalue weighted by molar-refractivity contribution is 6.27. The van der Waals surface area contributed by atoms with E-state index in [1.807, 2.05) is 0 Å². The van der Waals surface area contributed by atoms with Crippen molar-refractivity contribution >= 4 is 23.7 Å². The second kappa shape index (κ2) is 3.77. The van der Waals surface area contributed by atoms with Gasteiger partial charge < -0.3 is 0 Å². The Hall–Kier alpha value is -0.770. The van der Waals surface area contributed by atoms with Crippen LogP contribution in [0.25, 0.3) is 0 Å². The van der Waals surface area contributed by atoms with Gasteiger partial charge in [-0.15, -0.1) is 0 Å². The van der Waals surface area contributed by atoms with E-state index in [1.54, 1.807) is 0 Å². The van der Waals surface area contributed by atoms with Gasteiger partial charge in [0.2, 0.25) is 0 Å². The average molecular weight is 217 g/mol. The van der Waals surface area contributed by atoms with Crippen LogP contribution in [-0.2, 0) is 4.79 Å². The third-order valence-corrected chi connectivity index (χ3v) is 3.40. The molecular weight excluding hydrogens is 204 g/mol. The Morgan fingerprint density at radius 1 is 1.21 bits per heavy atom. The number of carbonyl (C=O) groups is 2. The standard InChI is InChI=1S/C9H13ClN2O2/c10-12-7(8(13)11-9(12)14)6-4-2-1-3-5-6/h6-7H,1-5H2,(H,11,13,14). The molecule has 1 atom stereocenters. The molecule has 1 heterocycles. The fourth-order valence-electron chi connectivity index (χ4n) is 2.31. The summed E-state index contributed by atoms with van der Waals surface area (Å²) in [4.78, 5) is 22.5. The highest BCUT2D eigenvalue weighted by Gasteiger charge is 2.42. The van der Waals surface area contributed by atoms with Crippen molar-refractivity contribution in [1.82, 2.24) is 9.74 Å². The fraction of sp³-hybridized carbons (Fsp3) is 0.778. The predicted molar refractivity (Wildman–Crippen MR) is 51.6 cm³/mol. The maximum atomic E-state index is 11.4. The van der Waals surface area contributed by atoms with Crippen molar-refractivity contribution in [3.8, 4) is 0 Å². The zero-order valence-electron chi connectivity index (χ0n) is 7.83. The zero-order chi connectivity index (χ0) is 10.1. The Labute approximate surface area is 87.7 Å². The minimum absolute atomic E-state index is 0.239. The fourth-order valence-corrected chi connectivity index (χ4v) is 2.60. The lowest BCUT2D eigenvalue weighted by Gasteiger charge is -2.27. The second-order valence-corrected chi connectivity index (χ2v) is 4.31. The summed E-state index contributed by atoms with van der Waals surface area (Å²) in [6.07, 6.45) is 5.48. The highest BCUT2D eigenvalue weighted by Crippen LogP contribution is 2.31. The van der Waals surface area contributed by atoms with Crippen molar-refractivity contribution in [3.63, 3.8) is 0 Å². The second-order valence-electron chi connectivity index (χ2n) is 3.95. The molecule has 78 valence electrons. The summed E-state index contributed by atoms with van der Waals surface area (Å²) in [5.74, 6) is 0.00426. The van der Waals surface area contributed by atoms with Crippen molar-refractivity contribution < 1.29 is 9.59 Å². The summed E-state index contributed by atoms with van der Waals surface area (Å²) < 4.78 is 1.03. The maximum Gasteiger partial charge on any atom is 0.339 e. The molecule has 4 nitrogen and oxygen atoms in total. The lowest BCUT2D eigenvalue weighted by molar-refractivity contribution is -0.122. The van der Waals surface area contributed by atoms with Crippen LogP contribution in [0.1, 0.15) is 32.1 Å². The molecule has 1 aliphatic carbocycles. The van der Waals surface area contributed by atoms with Crippen LogP contribution in [0.2, 0.25) is 0 Å². The van der Waals surface area contributed by atoms with Gasteiger partial charge in [-0.3, -0.25) is 10.1 Å². The number of nitrogens with zero attached hydrogens (tertiary/aromatic N) is 1. The van der Waals surface area contributed by atoms with Crippen LogP contribution in [0.15, 0.2) is 0 Å². The van der Waals surface area contributed by atoms with Crippen molar-refractivity contribution in [1.29, 1.82) is 0 Å². The molecule has 3 amide bonds. The lowest BCUT2D eigenvalue weighted by atomic mass is 9.84. The zero-order valence-corrected chi connectivity index (χ0v) is 8.59. The third-order valence-electron chi connectivity index (χ3n) is 3.03. The number of rotatable bonds is 1. The minimum Gasteiger partial charge on any atom is -0.275 e. The number of nitrogens with one attached hydrogen (secondary N) is 1. The number of carbonyl (C=O) groups excluding carboxylic acids is 2. The molecule has 0 radical (unpaired) electrons. The van der Waals surface area contributed by atoms with Crippen LogP contribution in [0.3, 0.4) is 0 Å². The third kappa shape index (κ3) is 1.59. The van der Waals surface area contributed by atoms with Gasteiger partial charge in [-0.05, 0) is 18.8 Å². The van der Waals surface area contributed by atoms with Gasteiger partial charge in [-0.2, -0.15) is 0 Å². The van der Waals surface area contributed by atoms with Gasteiger partial charge in [0.25, 0.3) is 5.91 Å². The van der Waals surface area contributed by atoms with E-state index in [2.05, 4.69) is 5.32 Å². The van der Waals surface area contributed by atoms with Crippen molar-refractivity contribution in [2.75, 3.05) is 0 Å². The largest absolute Gasteiger partial charge is 0.339 e. The number of urea groups is 1. The maximum absolute atomic E-state index is 11.4. The molecular formula is C9H13ClN2O2. The van der Waals surface area contributed by atoms with E-state index in [0.717, 1.165) is 30.1 Å². The van der Waals surface area contributed by atoms with E-state index < -0.39 is 12.1 Å². The molecule has 0 aromatic carbocycles. The highest BCUT2D eigenvalue weighted by atomic mass is 35.5. The van der Waals surface area contributed by atoms with E-state index in [-0.39, 0.29) is 11.8 Å². The predicted octanol–water partition coefficient (Wildman–Crippen LogP) is 1.64. The van der Waals surface area contributed by atoms with E-state index in [9.17, 15) is 9.59 Å². The molecule has 2 rings (SSSR count). The Morgan fingerprint density at radius 2 is 1.86 bits per heavy atom. The van der Waals surface area contributed by atoms with Gasteiger partial charge in [-0.25, -0.2) is 9.21 Å². The quantitative estimate of drug-likeness (QED) is 0.535. The normalized spacial score (nSPS) is 29.5. The van der Waals surface area contributed by atoms with Gasteiger partial charge in [0.05, 0.1) is 0 Å². The first kappa shape index (κ1) is 9.77. The van der Waals surface area contributed by atoms with Gasteiger partial charge >= 0.3 is 6.03 Å². The minimum atomic E-state index is -0.479. The SMILES string of the molecule is O=C1NC(=O)N(Cl)C1C1CCCCC1. The molecule has 0 aromatic rings. The Balaban J connectivity index is 2.08. The van der Waals surface area contributed by atoms with E-state index in [0.29, 0.717) is 0 Å². The summed E-state index contributed by atoms with van der Waals surface area (Å²) in [6, 6.07) is -0.920. The number of hydrogen-bond acceptors (Lipinski definition) is 2. The summed E-state index contributed by atoms with van der Waals surface area (Å²) in [7, 11) is 0. The van der Waals surface area contributed by atoms with Crippen LogP contribution in [0.4, 0.5) is 4.79 Å². The van der Waals surface area contributed by atoms with Crippen molar-refractivity contribution in [2.45, 2.75) is 38.1 Å². The number of halogens is 1. The van der Waals surface area contributed by atoms with Crippen molar-refractivity contribution in [3.05, 3.63) is 0 Å².